The maximum atomic E-state index is 15.1. The zero-order valence-electron chi connectivity index (χ0n) is 17.3. The molecule has 1 aliphatic heterocycles. The van der Waals surface area contributed by atoms with Crippen LogP contribution in [0.15, 0.2) is 40.7 Å². The number of methoxy groups -OCH3 is 2. The molecule has 9 heteroatoms. The molecule has 5 nitrogen and oxygen atoms in total. The predicted molar refractivity (Wildman–Crippen MR) is 102 cm³/mol. The topological polar surface area (TPSA) is 56.8 Å². The van der Waals surface area contributed by atoms with Crippen molar-refractivity contribution in [3.05, 3.63) is 57.7 Å². The lowest BCUT2D eigenvalue weighted by atomic mass is 9.78. The molecular formula is C21H25F4NO4. The number of alkyl halides is 3. The van der Waals surface area contributed by atoms with E-state index in [1.165, 1.54) is 20.3 Å². The molecule has 0 saturated carbocycles. The van der Waals surface area contributed by atoms with Crippen molar-refractivity contribution in [2.75, 3.05) is 27.6 Å². The van der Waals surface area contributed by atoms with Crippen LogP contribution in [0, 0.1) is 5.82 Å². The van der Waals surface area contributed by atoms with Crippen molar-refractivity contribution in [1.82, 2.24) is 5.32 Å². The van der Waals surface area contributed by atoms with E-state index < -0.39 is 29.4 Å². The SMILES string of the molecule is COCCCC1=C(C)NC(C)=C(C(=O)OCOC)C1c1cccc(C(F)(F)F)c1F. The minimum Gasteiger partial charge on any atom is -0.435 e. The Labute approximate surface area is 172 Å². The molecule has 2 rings (SSSR count). The normalized spacial score (nSPS) is 17.3. The van der Waals surface area contributed by atoms with Gasteiger partial charge in [-0.05, 0) is 38.3 Å². The average molecular weight is 431 g/mol. The molecule has 1 aliphatic rings. The zero-order valence-corrected chi connectivity index (χ0v) is 17.3. The van der Waals surface area contributed by atoms with Crippen LogP contribution in [0.5, 0.6) is 0 Å². The second-order valence-corrected chi connectivity index (χ2v) is 6.89. The van der Waals surface area contributed by atoms with Crippen LogP contribution in [0.1, 0.15) is 43.7 Å². The fraction of sp³-hybridized carbons (Fsp3) is 0.476. The van der Waals surface area contributed by atoms with Crippen LogP contribution in [0.2, 0.25) is 0 Å². The molecule has 30 heavy (non-hydrogen) atoms. The molecule has 0 bridgehead atoms. The van der Waals surface area contributed by atoms with Gasteiger partial charge >= 0.3 is 12.1 Å². The lowest BCUT2D eigenvalue weighted by Crippen LogP contribution is -2.30. The summed E-state index contributed by atoms with van der Waals surface area (Å²) in [6, 6.07) is 3.08. The summed E-state index contributed by atoms with van der Waals surface area (Å²) < 4.78 is 69.9. The minimum absolute atomic E-state index is 0.0447. The lowest BCUT2D eigenvalue weighted by molar-refractivity contribution is -0.149. The second-order valence-electron chi connectivity index (χ2n) is 6.89. The Kier molecular flexibility index (Phi) is 8.03. The van der Waals surface area contributed by atoms with Gasteiger partial charge in [-0.15, -0.1) is 0 Å². The Hall–Kier alpha value is -2.39. The number of allylic oxidation sites excluding steroid dienone is 3. The molecular weight excluding hydrogens is 406 g/mol. The number of rotatable bonds is 8. The van der Waals surface area contributed by atoms with E-state index in [-0.39, 0.29) is 17.9 Å². The summed E-state index contributed by atoms with van der Waals surface area (Å²) in [6.45, 7) is 3.40. The molecule has 0 fully saturated rings. The maximum Gasteiger partial charge on any atom is 0.419 e. The predicted octanol–water partition coefficient (Wildman–Crippen LogP) is 4.65. The van der Waals surface area contributed by atoms with E-state index in [9.17, 15) is 18.0 Å². The highest BCUT2D eigenvalue weighted by Gasteiger charge is 2.40. The fourth-order valence-corrected chi connectivity index (χ4v) is 3.57. The summed E-state index contributed by atoms with van der Waals surface area (Å²) in [5.41, 5.74) is 0.0552. The molecule has 1 atom stereocenters. The van der Waals surface area contributed by atoms with Gasteiger partial charge in [0.15, 0.2) is 6.79 Å². The first-order valence-electron chi connectivity index (χ1n) is 9.31. The standard InChI is InChI=1S/C21H25F4NO4/c1-12-14(8-6-10-28-3)18(17(13(2)26-12)20(27)30-11-29-4)15-7-5-9-16(19(15)22)21(23,24)25/h5,7,9,18,26H,6,8,10-11H2,1-4H3. The minimum atomic E-state index is -4.86. The number of ether oxygens (including phenoxy) is 3. The fourth-order valence-electron chi connectivity index (χ4n) is 3.57. The van der Waals surface area contributed by atoms with Crippen molar-refractivity contribution in [2.24, 2.45) is 0 Å². The molecule has 166 valence electrons. The van der Waals surface area contributed by atoms with Crippen LogP contribution in [-0.4, -0.2) is 33.6 Å². The highest BCUT2D eigenvalue weighted by Crippen LogP contribution is 2.43. The van der Waals surface area contributed by atoms with Crippen LogP contribution in [0.25, 0.3) is 0 Å². The summed E-state index contributed by atoms with van der Waals surface area (Å²) >= 11 is 0. The van der Waals surface area contributed by atoms with Crippen LogP contribution < -0.4 is 5.32 Å². The average Bonchev–Trinajstić information content (AvgIpc) is 2.67. The van der Waals surface area contributed by atoms with E-state index >= 15 is 4.39 Å². The molecule has 1 unspecified atom stereocenters. The molecule has 0 aliphatic carbocycles. The molecule has 0 aromatic heterocycles. The van der Waals surface area contributed by atoms with E-state index in [0.29, 0.717) is 42.5 Å². The van der Waals surface area contributed by atoms with Gasteiger partial charge in [0.1, 0.15) is 5.82 Å². The summed E-state index contributed by atoms with van der Waals surface area (Å²) in [4.78, 5) is 12.7. The number of hydrogen-bond donors (Lipinski definition) is 1. The number of nitrogens with one attached hydrogen (secondary N) is 1. The maximum absolute atomic E-state index is 15.1. The van der Waals surface area contributed by atoms with Crippen molar-refractivity contribution in [3.8, 4) is 0 Å². The third-order valence-electron chi connectivity index (χ3n) is 4.87. The van der Waals surface area contributed by atoms with Crippen molar-refractivity contribution in [2.45, 2.75) is 38.8 Å². The van der Waals surface area contributed by atoms with Gasteiger partial charge in [-0.25, -0.2) is 9.18 Å². The third-order valence-corrected chi connectivity index (χ3v) is 4.87. The number of carbonyl (C=O) groups is 1. The van der Waals surface area contributed by atoms with Crippen molar-refractivity contribution < 1.29 is 36.6 Å². The first kappa shape index (κ1) is 23.9. The number of dihydropyridines is 1. The van der Waals surface area contributed by atoms with Crippen LogP contribution in [0.4, 0.5) is 17.6 Å². The Bertz CT molecular complexity index is 846. The van der Waals surface area contributed by atoms with E-state index in [2.05, 4.69) is 5.32 Å². The number of hydrogen-bond acceptors (Lipinski definition) is 5. The van der Waals surface area contributed by atoms with E-state index in [0.717, 1.165) is 6.07 Å². The summed E-state index contributed by atoms with van der Waals surface area (Å²) in [5, 5.41) is 3.06. The molecule has 1 N–H and O–H groups in total. The van der Waals surface area contributed by atoms with E-state index in [1.807, 2.05) is 0 Å². The van der Waals surface area contributed by atoms with Gasteiger partial charge in [-0.3, -0.25) is 0 Å². The Morgan fingerprint density at radius 1 is 1.13 bits per heavy atom. The van der Waals surface area contributed by atoms with Gasteiger partial charge in [-0.1, -0.05) is 12.1 Å². The molecule has 0 radical (unpaired) electrons. The first-order valence-corrected chi connectivity index (χ1v) is 9.31. The van der Waals surface area contributed by atoms with Crippen molar-refractivity contribution >= 4 is 5.97 Å². The van der Waals surface area contributed by atoms with Crippen LogP contribution in [0.3, 0.4) is 0 Å². The summed E-state index contributed by atoms with van der Waals surface area (Å²) in [6.07, 6.45) is -3.93. The number of carbonyl (C=O) groups excluding carboxylic acids is 1. The highest BCUT2D eigenvalue weighted by atomic mass is 19.4. The Balaban J connectivity index is 2.64. The molecule has 1 heterocycles. The van der Waals surface area contributed by atoms with Gasteiger partial charge in [0.05, 0.1) is 11.1 Å². The van der Waals surface area contributed by atoms with Gasteiger partial charge in [-0.2, -0.15) is 13.2 Å². The lowest BCUT2D eigenvalue weighted by Gasteiger charge is -2.32. The summed E-state index contributed by atoms with van der Waals surface area (Å²) in [7, 11) is 2.86. The number of halogens is 4. The van der Waals surface area contributed by atoms with Crippen molar-refractivity contribution in [3.63, 3.8) is 0 Å². The van der Waals surface area contributed by atoms with Gasteiger partial charge in [0.25, 0.3) is 0 Å². The molecule has 0 saturated heterocycles. The van der Waals surface area contributed by atoms with E-state index in [4.69, 9.17) is 14.2 Å². The first-order chi connectivity index (χ1) is 14.1. The van der Waals surface area contributed by atoms with Gasteiger partial charge in [0, 0.05) is 43.7 Å². The summed E-state index contributed by atoms with van der Waals surface area (Å²) in [5.74, 6) is -3.23. The second kappa shape index (κ2) is 10.1. The third kappa shape index (κ3) is 5.20. The Morgan fingerprint density at radius 2 is 1.83 bits per heavy atom. The number of esters is 1. The van der Waals surface area contributed by atoms with Crippen LogP contribution in [-0.2, 0) is 25.2 Å². The van der Waals surface area contributed by atoms with Crippen LogP contribution >= 0.6 is 0 Å². The number of benzene rings is 1. The zero-order chi connectivity index (χ0) is 22.5. The molecule has 0 spiro atoms. The molecule has 1 aromatic rings. The quantitative estimate of drug-likeness (QED) is 0.281. The molecule has 1 aromatic carbocycles. The highest BCUT2D eigenvalue weighted by molar-refractivity contribution is 5.92. The largest absolute Gasteiger partial charge is 0.435 e. The van der Waals surface area contributed by atoms with E-state index in [1.54, 1.807) is 13.8 Å². The molecule has 0 amide bonds. The Morgan fingerprint density at radius 3 is 2.43 bits per heavy atom. The van der Waals surface area contributed by atoms with Gasteiger partial charge < -0.3 is 19.5 Å². The van der Waals surface area contributed by atoms with Crippen molar-refractivity contribution in [1.29, 1.82) is 0 Å². The monoisotopic (exact) mass is 431 g/mol. The smallest absolute Gasteiger partial charge is 0.419 e. The van der Waals surface area contributed by atoms with Gasteiger partial charge in [0.2, 0.25) is 0 Å².